The summed E-state index contributed by atoms with van der Waals surface area (Å²) in [6.45, 7) is 0. The van der Waals surface area contributed by atoms with Crippen molar-refractivity contribution in [3.63, 3.8) is 0 Å². The second-order valence-electron chi connectivity index (χ2n) is 5.44. The maximum Gasteiger partial charge on any atom is 0.111 e. The molecule has 4 aromatic rings. The second-order valence-corrected chi connectivity index (χ2v) is 5.44. The number of hydrogen-bond acceptors (Lipinski definition) is 1. The Hall–Kier alpha value is -2.87. The van der Waals surface area contributed by atoms with E-state index in [2.05, 4.69) is 76.7 Å². The Morgan fingerprint density at radius 1 is 0.727 bits per heavy atom. The highest BCUT2D eigenvalue weighted by Crippen LogP contribution is 2.23. The van der Waals surface area contributed by atoms with Crippen LogP contribution in [0.4, 0.5) is 0 Å². The van der Waals surface area contributed by atoms with Gasteiger partial charge in [0.15, 0.2) is 0 Å². The van der Waals surface area contributed by atoms with Crippen LogP contribution in [-0.4, -0.2) is 9.97 Å². The number of hydrogen-bond donors (Lipinski definition) is 1. The van der Waals surface area contributed by atoms with E-state index in [0.29, 0.717) is 0 Å². The molecule has 0 aliphatic carbocycles. The van der Waals surface area contributed by atoms with Crippen molar-refractivity contribution in [3.8, 4) is 11.1 Å². The van der Waals surface area contributed by atoms with Crippen LogP contribution in [0.2, 0.25) is 0 Å². The van der Waals surface area contributed by atoms with Crippen molar-refractivity contribution in [3.05, 3.63) is 90.3 Å². The summed E-state index contributed by atoms with van der Waals surface area (Å²) in [7, 11) is 0. The molecular weight excluding hydrogens is 268 g/mol. The lowest BCUT2D eigenvalue weighted by Crippen LogP contribution is -1.89. The molecule has 0 aliphatic heterocycles. The molecule has 0 saturated carbocycles. The average molecular weight is 284 g/mol. The first-order chi connectivity index (χ1) is 10.9. The molecule has 0 atom stereocenters. The molecule has 0 radical (unpaired) electrons. The number of nitrogens with zero attached hydrogens (tertiary/aromatic N) is 1. The Morgan fingerprint density at radius 3 is 2.23 bits per heavy atom. The zero-order chi connectivity index (χ0) is 14.8. The smallest absolute Gasteiger partial charge is 0.111 e. The molecule has 1 aromatic heterocycles. The van der Waals surface area contributed by atoms with Gasteiger partial charge in [0.2, 0.25) is 0 Å². The van der Waals surface area contributed by atoms with Crippen molar-refractivity contribution in [1.82, 2.24) is 9.97 Å². The molecule has 4 rings (SSSR count). The first-order valence-electron chi connectivity index (χ1n) is 7.46. The van der Waals surface area contributed by atoms with Crippen molar-refractivity contribution >= 4 is 11.0 Å². The molecule has 2 heteroatoms. The lowest BCUT2D eigenvalue weighted by molar-refractivity contribution is 1.04. The molecular formula is C20H16N2. The highest BCUT2D eigenvalue weighted by Gasteiger charge is 2.05. The minimum absolute atomic E-state index is 0.830. The number of benzene rings is 3. The Kier molecular flexibility index (Phi) is 3.20. The summed E-state index contributed by atoms with van der Waals surface area (Å²) in [5, 5.41) is 0. The third-order valence-corrected chi connectivity index (χ3v) is 3.85. The van der Waals surface area contributed by atoms with E-state index < -0.39 is 0 Å². The fourth-order valence-electron chi connectivity index (χ4n) is 2.75. The fourth-order valence-corrected chi connectivity index (χ4v) is 2.75. The van der Waals surface area contributed by atoms with E-state index in [4.69, 9.17) is 0 Å². The number of fused-ring (bicyclic) bond motifs is 1. The van der Waals surface area contributed by atoms with Gasteiger partial charge in [0.05, 0.1) is 11.0 Å². The second kappa shape index (κ2) is 5.49. The Morgan fingerprint density at radius 2 is 1.45 bits per heavy atom. The number of H-pyrrole nitrogens is 1. The summed E-state index contributed by atoms with van der Waals surface area (Å²) < 4.78 is 0. The third kappa shape index (κ3) is 2.51. The summed E-state index contributed by atoms with van der Waals surface area (Å²) in [5.74, 6) is 1.01. The van der Waals surface area contributed by atoms with Crippen LogP contribution in [0.3, 0.4) is 0 Å². The predicted octanol–water partition coefficient (Wildman–Crippen LogP) is 4.82. The van der Waals surface area contributed by atoms with Gasteiger partial charge >= 0.3 is 0 Å². The summed E-state index contributed by atoms with van der Waals surface area (Å²) in [4.78, 5) is 8.13. The van der Waals surface area contributed by atoms with Gasteiger partial charge in [0, 0.05) is 6.42 Å². The molecule has 0 spiro atoms. The summed E-state index contributed by atoms with van der Waals surface area (Å²) >= 11 is 0. The SMILES string of the molecule is c1ccc(Cc2nc3ccc(-c4ccccc4)cc3[nH]2)cc1. The Labute approximate surface area is 129 Å². The number of rotatable bonds is 3. The minimum atomic E-state index is 0.830. The van der Waals surface area contributed by atoms with Gasteiger partial charge in [-0.25, -0.2) is 4.98 Å². The molecule has 0 aliphatic rings. The maximum absolute atomic E-state index is 4.69. The predicted molar refractivity (Wildman–Crippen MR) is 90.8 cm³/mol. The van der Waals surface area contributed by atoms with Gasteiger partial charge in [-0.15, -0.1) is 0 Å². The molecule has 3 aromatic carbocycles. The zero-order valence-electron chi connectivity index (χ0n) is 12.2. The van der Waals surface area contributed by atoms with Crippen LogP contribution in [0.5, 0.6) is 0 Å². The van der Waals surface area contributed by atoms with E-state index in [1.165, 1.54) is 16.7 Å². The normalized spacial score (nSPS) is 10.9. The zero-order valence-corrected chi connectivity index (χ0v) is 12.2. The lowest BCUT2D eigenvalue weighted by atomic mass is 10.1. The average Bonchev–Trinajstić information content (AvgIpc) is 2.98. The molecule has 0 amide bonds. The fraction of sp³-hybridized carbons (Fsp3) is 0.0500. The molecule has 2 nitrogen and oxygen atoms in total. The Bertz CT molecular complexity index is 893. The number of nitrogens with one attached hydrogen (secondary N) is 1. The van der Waals surface area contributed by atoms with Crippen LogP contribution in [-0.2, 0) is 6.42 Å². The van der Waals surface area contributed by atoms with Gasteiger partial charge in [-0.1, -0.05) is 66.7 Å². The topological polar surface area (TPSA) is 28.7 Å². The molecule has 0 saturated heterocycles. The van der Waals surface area contributed by atoms with E-state index >= 15 is 0 Å². The van der Waals surface area contributed by atoms with Gasteiger partial charge in [0.25, 0.3) is 0 Å². The molecule has 0 bridgehead atoms. The summed E-state index contributed by atoms with van der Waals surface area (Å²) in [5.41, 5.74) is 5.81. The van der Waals surface area contributed by atoms with E-state index in [9.17, 15) is 0 Å². The van der Waals surface area contributed by atoms with E-state index in [-0.39, 0.29) is 0 Å². The monoisotopic (exact) mass is 284 g/mol. The Balaban J connectivity index is 1.69. The molecule has 0 unspecified atom stereocenters. The van der Waals surface area contributed by atoms with Crippen LogP contribution >= 0.6 is 0 Å². The molecule has 22 heavy (non-hydrogen) atoms. The molecule has 0 fully saturated rings. The van der Waals surface area contributed by atoms with Gasteiger partial charge in [-0.05, 0) is 28.8 Å². The summed E-state index contributed by atoms with van der Waals surface area (Å²) in [6.07, 6.45) is 0.830. The van der Waals surface area contributed by atoms with Crippen LogP contribution in [0.25, 0.3) is 22.2 Å². The lowest BCUT2D eigenvalue weighted by Gasteiger charge is -2.00. The van der Waals surface area contributed by atoms with Crippen molar-refractivity contribution in [2.45, 2.75) is 6.42 Å². The molecule has 1 N–H and O–H groups in total. The molecule has 106 valence electrons. The standard InChI is InChI=1S/C20H16N2/c1-3-7-15(8-4-1)13-20-21-18-12-11-17(14-19(18)22-20)16-9-5-2-6-10-16/h1-12,14H,13H2,(H,21,22). The van der Waals surface area contributed by atoms with Crippen molar-refractivity contribution in [1.29, 1.82) is 0 Å². The van der Waals surface area contributed by atoms with Gasteiger partial charge < -0.3 is 4.98 Å². The minimum Gasteiger partial charge on any atom is -0.342 e. The first-order valence-corrected chi connectivity index (χ1v) is 7.46. The number of aromatic nitrogens is 2. The molecule has 1 heterocycles. The number of imidazole rings is 1. The van der Waals surface area contributed by atoms with Crippen molar-refractivity contribution in [2.24, 2.45) is 0 Å². The first kappa shape index (κ1) is 12.8. The van der Waals surface area contributed by atoms with E-state index in [1.807, 2.05) is 12.1 Å². The highest BCUT2D eigenvalue weighted by atomic mass is 14.9. The van der Waals surface area contributed by atoms with Gasteiger partial charge in [-0.3, -0.25) is 0 Å². The maximum atomic E-state index is 4.69. The van der Waals surface area contributed by atoms with Gasteiger partial charge in [0.1, 0.15) is 5.82 Å². The van der Waals surface area contributed by atoms with Crippen molar-refractivity contribution in [2.75, 3.05) is 0 Å². The van der Waals surface area contributed by atoms with Gasteiger partial charge in [-0.2, -0.15) is 0 Å². The third-order valence-electron chi connectivity index (χ3n) is 3.85. The quantitative estimate of drug-likeness (QED) is 0.574. The van der Waals surface area contributed by atoms with Crippen molar-refractivity contribution < 1.29 is 0 Å². The highest BCUT2D eigenvalue weighted by molar-refractivity contribution is 5.82. The van der Waals surface area contributed by atoms with Crippen LogP contribution < -0.4 is 0 Å². The van der Waals surface area contributed by atoms with Crippen LogP contribution in [0.15, 0.2) is 78.9 Å². The largest absolute Gasteiger partial charge is 0.342 e. The van der Waals surface area contributed by atoms with E-state index in [0.717, 1.165) is 23.3 Å². The number of aromatic amines is 1. The van der Waals surface area contributed by atoms with Crippen LogP contribution in [0, 0.1) is 0 Å². The summed E-state index contributed by atoms with van der Waals surface area (Å²) in [6, 6.07) is 27.2. The van der Waals surface area contributed by atoms with E-state index in [1.54, 1.807) is 0 Å². The van der Waals surface area contributed by atoms with Crippen LogP contribution in [0.1, 0.15) is 11.4 Å².